The van der Waals surface area contributed by atoms with Gasteiger partial charge in [0.25, 0.3) is 5.91 Å². The van der Waals surface area contributed by atoms with Crippen molar-refractivity contribution in [3.05, 3.63) is 17.7 Å². The smallest absolute Gasteiger partial charge is 0.283 e. The molecule has 1 aromatic heterocycles. The molecule has 0 atom stereocenters. The third kappa shape index (κ3) is 1.62. The van der Waals surface area contributed by atoms with E-state index in [4.69, 9.17) is 5.84 Å². The number of amides is 1. The van der Waals surface area contributed by atoms with E-state index in [0.29, 0.717) is 5.69 Å². The number of carbonyl (C=O) groups is 1. The van der Waals surface area contributed by atoms with E-state index in [2.05, 4.69) is 9.97 Å². The minimum atomic E-state index is -0.352. The number of carbonyl (C=O) groups excluding carboxylic acids is 1. The van der Waals surface area contributed by atoms with Gasteiger partial charge >= 0.3 is 0 Å². The average molecular weight is 168 g/mol. The van der Waals surface area contributed by atoms with Gasteiger partial charge < -0.3 is 4.98 Å². The second-order valence-corrected chi connectivity index (χ2v) is 2.81. The Bertz CT molecular complexity index is 279. The van der Waals surface area contributed by atoms with Gasteiger partial charge in [-0.3, -0.25) is 10.2 Å². The molecule has 0 aliphatic carbocycles. The van der Waals surface area contributed by atoms with Crippen molar-refractivity contribution in [3.8, 4) is 0 Å². The van der Waals surface area contributed by atoms with Crippen molar-refractivity contribution in [3.63, 3.8) is 0 Å². The van der Waals surface area contributed by atoms with Crippen LogP contribution in [0.1, 0.15) is 36.1 Å². The van der Waals surface area contributed by atoms with Crippen LogP contribution in [-0.2, 0) is 0 Å². The Morgan fingerprint density at radius 1 is 1.75 bits per heavy atom. The Morgan fingerprint density at radius 2 is 2.42 bits per heavy atom. The summed E-state index contributed by atoms with van der Waals surface area (Å²) < 4.78 is 0. The number of aromatic nitrogens is 2. The zero-order chi connectivity index (χ0) is 9.14. The minimum absolute atomic E-state index is 0.282. The molecule has 0 radical (unpaired) electrons. The number of hydrogen-bond acceptors (Lipinski definition) is 3. The van der Waals surface area contributed by atoms with Crippen LogP contribution >= 0.6 is 0 Å². The highest BCUT2D eigenvalue weighted by Crippen LogP contribution is 2.08. The van der Waals surface area contributed by atoms with Crippen LogP contribution in [0.5, 0.6) is 0 Å². The molecule has 0 saturated heterocycles. The van der Waals surface area contributed by atoms with Gasteiger partial charge in [0.2, 0.25) is 0 Å². The van der Waals surface area contributed by atoms with Gasteiger partial charge in [0.15, 0.2) is 0 Å². The Labute approximate surface area is 70.3 Å². The highest BCUT2D eigenvalue weighted by atomic mass is 16.2. The highest BCUT2D eigenvalue weighted by molar-refractivity contribution is 5.91. The highest BCUT2D eigenvalue weighted by Gasteiger charge is 2.09. The van der Waals surface area contributed by atoms with Crippen molar-refractivity contribution in [2.75, 3.05) is 0 Å². The SMILES string of the molecule is CC(C)c1ncc(C(=O)NN)[nH]1. The Hall–Kier alpha value is -1.36. The molecule has 0 spiro atoms. The number of imidazole rings is 1. The third-order valence-corrected chi connectivity index (χ3v) is 1.52. The molecule has 0 saturated carbocycles. The summed E-state index contributed by atoms with van der Waals surface area (Å²) >= 11 is 0. The quantitative estimate of drug-likeness (QED) is 0.333. The third-order valence-electron chi connectivity index (χ3n) is 1.52. The summed E-state index contributed by atoms with van der Waals surface area (Å²) in [4.78, 5) is 17.8. The topological polar surface area (TPSA) is 83.8 Å². The standard InChI is InChI=1S/C7H12N4O/c1-4(2)6-9-3-5(10-6)7(12)11-8/h3-4H,8H2,1-2H3,(H,9,10)(H,11,12). The zero-order valence-electron chi connectivity index (χ0n) is 7.09. The van der Waals surface area contributed by atoms with Gasteiger partial charge in [-0.2, -0.15) is 0 Å². The second kappa shape index (κ2) is 3.36. The Morgan fingerprint density at radius 3 is 2.83 bits per heavy atom. The average Bonchev–Trinajstić information content (AvgIpc) is 2.51. The van der Waals surface area contributed by atoms with Crippen LogP contribution < -0.4 is 11.3 Å². The molecule has 1 amide bonds. The van der Waals surface area contributed by atoms with Crippen LogP contribution in [0.2, 0.25) is 0 Å². The van der Waals surface area contributed by atoms with Crippen molar-refractivity contribution in [1.82, 2.24) is 15.4 Å². The number of nitrogens with two attached hydrogens (primary N) is 1. The van der Waals surface area contributed by atoms with Crippen molar-refractivity contribution >= 4 is 5.91 Å². The van der Waals surface area contributed by atoms with Crippen molar-refractivity contribution in [1.29, 1.82) is 0 Å². The fraction of sp³-hybridized carbons (Fsp3) is 0.429. The maximum absolute atomic E-state index is 10.9. The molecule has 0 unspecified atom stereocenters. The van der Waals surface area contributed by atoms with Gasteiger partial charge in [0.05, 0.1) is 6.20 Å². The number of nitrogens with zero attached hydrogens (tertiary/aromatic N) is 1. The van der Waals surface area contributed by atoms with Gasteiger partial charge in [-0.05, 0) is 0 Å². The maximum Gasteiger partial charge on any atom is 0.283 e. The second-order valence-electron chi connectivity index (χ2n) is 2.81. The van der Waals surface area contributed by atoms with Crippen LogP contribution in [0.4, 0.5) is 0 Å². The van der Waals surface area contributed by atoms with E-state index in [0.717, 1.165) is 5.82 Å². The van der Waals surface area contributed by atoms with Crippen LogP contribution in [0.25, 0.3) is 0 Å². The van der Waals surface area contributed by atoms with E-state index in [1.807, 2.05) is 19.3 Å². The van der Waals surface area contributed by atoms with Crippen molar-refractivity contribution in [2.24, 2.45) is 5.84 Å². The van der Waals surface area contributed by atoms with E-state index in [9.17, 15) is 4.79 Å². The lowest BCUT2D eigenvalue weighted by molar-refractivity contribution is 0.0949. The maximum atomic E-state index is 10.9. The first-order valence-corrected chi connectivity index (χ1v) is 3.71. The molecule has 0 aliphatic rings. The molecular weight excluding hydrogens is 156 g/mol. The summed E-state index contributed by atoms with van der Waals surface area (Å²) in [6.07, 6.45) is 1.47. The van der Waals surface area contributed by atoms with E-state index in [1.54, 1.807) is 0 Å². The molecule has 0 aliphatic heterocycles. The summed E-state index contributed by atoms with van der Waals surface area (Å²) in [6.45, 7) is 3.98. The zero-order valence-corrected chi connectivity index (χ0v) is 7.09. The largest absolute Gasteiger partial charge is 0.338 e. The molecule has 1 rings (SSSR count). The predicted molar refractivity (Wildman–Crippen MR) is 44.3 cm³/mol. The van der Waals surface area contributed by atoms with E-state index < -0.39 is 0 Å². The van der Waals surface area contributed by atoms with E-state index in [-0.39, 0.29) is 11.8 Å². The summed E-state index contributed by atoms with van der Waals surface area (Å²) in [5, 5.41) is 0. The van der Waals surface area contributed by atoms with Crippen molar-refractivity contribution < 1.29 is 4.79 Å². The van der Waals surface area contributed by atoms with Crippen LogP contribution in [-0.4, -0.2) is 15.9 Å². The fourth-order valence-corrected chi connectivity index (χ4v) is 0.823. The van der Waals surface area contributed by atoms with Crippen molar-refractivity contribution in [2.45, 2.75) is 19.8 Å². The summed E-state index contributed by atoms with van der Waals surface area (Å²) in [7, 11) is 0. The first-order valence-electron chi connectivity index (χ1n) is 3.71. The molecule has 12 heavy (non-hydrogen) atoms. The number of nitrogen functional groups attached to an aromatic ring is 1. The van der Waals surface area contributed by atoms with Crippen LogP contribution in [0.15, 0.2) is 6.20 Å². The fourth-order valence-electron chi connectivity index (χ4n) is 0.823. The monoisotopic (exact) mass is 168 g/mol. The summed E-state index contributed by atoms with van der Waals surface area (Å²) in [6, 6.07) is 0. The minimum Gasteiger partial charge on any atom is -0.338 e. The lowest BCUT2D eigenvalue weighted by atomic mass is 10.2. The van der Waals surface area contributed by atoms with Crippen LogP contribution in [0, 0.1) is 0 Å². The van der Waals surface area contributed by atoms with E-state index >= 15 is 0 Å². The van der Waals surface area contributed by atoms with E-state index in [1.165, 1.54) is 6.20 Å². The molecule has 0 fully saturated rings. The number of H-pyrrole nitrogens is 1. The number of aromatic amines is 1. The van der Waals surface area contributed by atoms with Gasteiger partial charge in [-0.25, -0.2) is 10.8 Å². The molecule has 5 nitrogen and oxygen atoms in total. The molecule has 5 heteroatoms. The molecule has 0 bridgehead atoms. The predicted octanol–water partition coefficient (Wildman–Crippen LogP) is 0.137. The first-order chi connectivity index (χ1) is 5.65. The number of hydrazine groups is 1. The normalized spacial score (nSPS) is 10.3. The number of hydrogen-bond donors (Lipinski definition) is 3. The lowest BCUT2D eigenvalue weighted by Gasteiger charge is -1.97. The molecule has 66 valence electrons. The molecule has 1 aromatic rings. The Balaban J connectivity index is 2.84. The summed E-state index contributed by atoms with van der Waals surface area (Å²) in [5.74, 6) is 5.66. The number of rotatable bonds is 2. The summed E-state index contributed by atoms with van der Waals surface area (Å²) in [5.41, 5.74) is 2.41. The molecule has 1 heterocycles. The molecule has 4 N–H and O–H groups in total. The Kier molecular flexibility index (Phi) is 2.44. The first kappa shape index (κ1) is 8.73. The van der Waals surface area contributed by atoms with Gasteiger partial charge in [0, 0.05) is 5.92 Å². The van der Waals surface area contributed by atoms with Gasteiger partial charge in [-0.1, -0.05) is 13.8 Å². The van der Waals surface area contributed by atoms with Crippen LogP contribution in [0.3, 0.4) is 0 Å². The molecule has 0 aromatic carbocycles. The van der Waals surface area contributed by atoms with Gasteiger partial charge in [-0.15, -0.1) is 0 Å². The molecular formula is C7H12N4O. The lowest BCUT2D eigenvalue weighted by Crippen LogP contribution is -2.30. The van der Waals surface area contributed by atoms with Gasteiger partial charge in [0.1, 0.15) is 11.5 Å². The number of nitrogens with one attached hydrogen (secondary N) is 2.